The molecule has 1 saturated carbocycles. The largest absolute Gasteiger partial charge is 0.395 e. The van der Waals surface area contributed by atoms with Crippen molar-refractivity contribution in [2.24, 2.45) is 5.73 Å². The van der Waals surface area contributed by atoms with E-state index in [1.807, 2.05) is 0 Å². The van der Waals surface area contributed by atoms with Crippen LogP contribution in [0.2, 0.25) is 0 Å². The Morgan fingerprint density at radius 3 is 2.61 bits per heavy atom. The molecular weight excluding hydrogens is 292 g/mol. The standard InChI is InChI=1S/C14H21BrN2O/c15-14-9-13(6-5-11(14)10-16)17(7-8-18)12-3-1-2-4-12/h5-6,9,12,18H,1-4,7-8,10,16H2. The van der Waals surface area contributed by atoms with E-state index in [1.54, 1.807) is 0 Å². The number of halogens is 1. The summed E-state index contributed by atoms with van der Waals surface area (Å²) in [5.41, 5.74) is 7.97. The highest BCUT2D eigenvalue weighted by Crippen LogP contribution is 2.30. The van der Waals surface area contributed by atoms with E-state index >= 15 is 0 Å². The van der Waals surface area contributed by atoms with Crippen molar-refractivity contribution < 1.29 is 5.11 Å². The molecule has 1 aromatic rings. The van der Waals surface area contributed by atoms with Crippen molar-refractivity contribution in [2.75, 3.05) is 18.1 Å². The highest BCUT2D eigenvalue weighted by atomic mass is 79.9. The van der Waals surface area contributed by atoms with E-state index in [1.165, 1.54) is 31.4 Å². The van der Waals surface area contributed by atoms with Crippen molar-refractivity contribution in [1.29, 1.82) is 0 Å². The summed E-state index contributed by atoms with van der Waals surface area (Å²) in [6.07, 6.45) is 5.07. The smallest absolute Gasteiger partial charge is 0.0606 e. The van der Waals surface area contributed by atoms with Gasteiger partial charge < -0.3 is 15.7 Å². The summed E-state index contributed by atoms with van der Waals surface area (Å²) in [4.78, 5) is 2.33. The first-order valence-electron chi connectivity index (χ1n) is 6.62. The van der Waals surface area contributed by atoms with Crippen LogP contribution in [-0.4, -0.2) is 24.3 Å². The fourth-order valence-electron chi connectivity index (χ4n) is 2.73. The second-order valence-electron chi connectivity index (χ2n) is 4.84. The van der Waals surface area contributed by atoms with Crippen LogP contribution < -0.4 is 10.6 Å². The van der Waals surface area contributed by atoms with Crippen LogP contribution in [0, 0.1) is 0 Å². The Hall–Kier alpha value is -0.580. The molecule has 100 valence electrons. The quantitative estimate of drug-likeness (QED) is 0.878. The number of nitrogens with zero attached hydrogens (tertiary/aromatic N) is 1. The third-order valence-electron chi connectivity index (χ3n) is 3.69. The molecule has 0 radical (unpaired) electrons. The zero-order chi connectivity index (χ0) is 13.0. The lowest BCUT2D eigenvalue weighted by atomic mass is 10.1. The zero-order valence-corrected chi connectivity index (χ0v) is 12.2. The van der Waals surface area contributed by atoms with Crippen molar-refractivity contribution in [2.45, 2.75) is 38.3 Å². The molecule has 1 fully saturated rings. The molecule has 1 aliphatic carbocycles. The topological polar surface area (TPSA) is 49.5 Å². The third kappa shape index (κ3) is 3.05. The van der Waals surface area contributed by atoms with E-state index in [0.29, 0.717) is 19.1 Å². The van der Waals surface area contributed by atoms with E-state index in [0.717, 1.165) is 10.0 Å². The lowest BCUT2D eigenvalue weighted by Crippen LogP contribution is -2.35. The molecule has 0 aromatic heterocycles. The number of nitrogens with two attached hydrogens (primary N) is 1. The molecule has 0 amide bonds. The van der Waals surface area contributed by atoms with Gasteiger partial charge in [-0.3, -0.25) is 0 Å². The summed E-state index contributed by atoms with van der Waals surface area (Å²) in [6.45, 7) is 1.45. The Balaban J connectivity index is 2.21. The van der Waals surface area contributed by atoms with E-state index in [9.17, 15) is 5.11 Å². The molecule has 0 unspecified atom stereocenters. The molecule has 18 heavy (non-hydrogen) atoms. The van der Waals surface area contributed by atoms with E-state index < -0.39 is 0 Å². The first-order chi connectivity index (χ1) is 8.76. The van der Waals surface area contributed by atoms with Crippen molar-refractivity contribution in [3.63, 3.8) is 0 Å². The van der Waals surface area contributed by atoms with E-state index in [-0.39, 0.29) is 6.61 Å². The maximum atomic E-state index is 9.26. The van der Waals surface area contributed by atoms with Gasteiger partial charge in [-0.1, -0.05) is 34.8 Å². The maximum Gasteiger partial charge on any atom is 0.0606 e. The van der Waals surface area contributed by atoms with Crippen LogP contribution in [0.4, 0.5) is 5.69 Å². The molecule has 0 spiro atoms. The van der Waals surface area contributed by atoms with Gasteiger partial charge in [-0.25, -0.2) is 0 Å². The second kappa shape index (κ2) is 6.55. The highest BCUT2D eigenvalue weighted by molar-refractivity contribution is 9.10. The van der Waals surface area contributed by atoms with Crippen molar-refractivity contribution in [3.8, 4) is 0 Å². The number of hydrogen-bond acceptors (Lipinski definition) is 3. The lowest BCUT2D eigenvalue weighted by Gasteiger charge is -2.31. The normalized spacial score (nSPS) is 16.2. The predicted molar refractivity (Wildman–Crippen MR) is 78.7 cm³/mol. The fourth-order valence-corrected chi connectivity index (χ4v) is 3.26. The Morgan fingerprint density at radius 2 is 2.06 bits per heavy atom. The molecule has 0 heterocycles. The van der Waals surface area contributed by atoms with Gasteiger partial charge in [0.1, 0.15) is 0 Å². The van der Waals surface area contributed by atoms with Crippen molar-refractivity contribution in [1.82, 2.24) is 0 Å². The Labute approximate surface area is 117 Å². The minimum absolute atomic E-state index is 0.201. The summed E-state index contributed by atoms with van der Waals surface area (Å²) in [5, 5.41) is 9.26. The van der Waals surface area contributed by atoms with Crippen LogP contribution in [0.25, 0.3) is 0 Å². The van der Waals surface area contributed by atoms with Gasteiger partial charge in [0, 0.05) is 29.3 Å². The fraction of sp³-hybridized carbons (Fsp3) is 0.571. The van der Waals surface area contributed by atoms with Gasteiger partial charge in [-0.15, -0.1) is 0 Å². The van der Waals surface area contributed by atoms with E-state index in [2.05, 4.69) is 39.0 Å². The SMILES string of the molecule is NCc1ccc(N(CCO)C2CCCC2)cc1Br. The summed E-state index contributed by atoms with van der Waals surface area (Å²) in [7, 11) is 0. The molecule has 0 atom stereocenters. The molecule has 2 rings (SSSR count). The van der Waals surface area contributed by atoms with Gasteiger partial charge in [0.05, 0.1) is 6.61 Å². The average Bonchev–Trinajstić information content (AvgIpc) is 2.89. The number of anilines is 1. The van der Waals surface area contributed by atoms with Gasteiger partial charge in [0.2, 0.25) is 0 Å². The zero-order valence-electron chi connectivity index (χ0n) is 10.6. The third-order valence-corrected chi connectivity index (χ3v) is 4.43. The van der Waals surface area contributed by atoms with Crippen LogP contribution in [0.3, 0.4) is 0 Å². The molecule has 3 N–H and O–H groups in total. The minimum atomic E-state index is 0.201. The Bertz CT molecular complexity index is 391. The van der Waals surface area contributed by atoms with Crippen LogP contribution >= 0.6 is 15.9 Å². The molecule has 0 bridgehead atoms. The Morgan fingerprint density at radius 1 is 1.33 bits per heavy atom. The number of aliphatic hydroxyl groups is 1. The highest BCUT2D eigenvalue weighted by Gasteiger charge is 2.22. The summed E-state index contributed by atoms with van der Waals surface area (Å²) in [6, 6.07) is 6.88. The first kappa shape index (κ1) is 13.8. The molecule has 1 aliphatic rings. The van der Waals surface area contributed by atoms with Gasteiger partial charge in [-0.05, 0) is 30.5 Å². The van der Waals surface area contributed by atoms with Crippen LogP contribution in [0.1, 0.15) is 31.2 Å². The predicted octanol–water partition coefficient (Wildman–Crippen LogP) is 2.65. The Kier molecular flexibility index (Phi) is 5.03. The number of benzene rings is 1. The van der Waals surface area contributed by atoms with Crippen molar-refractivity contribution in [3.05, 3.63) is 28.2 Å². The number of hydrogen-bond donors (Lipinski definition) is 2. The first-order valence-corrected chi connectivity index (χ1v) is 7.41. The van der Waals surface area contributed by atoms with Crippen LogP contribution in [-0.2, 0) is 6.54 Å². The molecule has 4 heteroatoms. The second-order valence-corrected chi connectivity index (χ2v) is 5.69. The van der Waals surface area contributed by atoms with Gasteiger partial charge >= 0.3 is 0 Å². The number of rotatable bonds is 5. The molecule has 0 aliphatic heterocycles. The molecule has 0 saturated heterocycles. The van der Waals surface area contributed by atoms with Crippen LogP contribution in [0.15, 0.2) is 22.7 Å². The van der Waals surface area contributed by atoms with Crippen LogP contribution in [0.5, 0.6) is 0 Å². The molecule has 1 aromatic carbocycles. The molecular formula is C14H21BrN2O. The van der Waals surface area contributed by atoms with Crippen molar-refractivity contribution >= 4 is 21.6 Å². The maximum absolute atomic E-state index is 9.26. The summed E-state index contributed by atoms with van der Waals surface area (Å²) in [5.74, 6) is 0. The summed E-state index contributed by atoms with van der Waals surface area (Å²) >= 11 is 3.57. The van der Waals surface area contributed by atoms with Gasteiger partial charge in [0.25, 0.3) is 0 Å². The average molecular weight is 313 g/mol. The van der Waals surface area contributed by atoms with Gasteiger partial charge in [0.15, 0.2) is 0 Å². The summed E-state index contributed by atoms with van der Waals surface area (Å²) < 4.78 is 1.06. The lowest BCUT2D eigenvalue weighted by molar-refractivity contribution is 0.297. The van der Waals surface area contributed by atoms with E-state index in [4.69, 9.17) is 5.73 Å². The monoisotopic (exact) mass is 312 g/mol. The minimum Gasteiger partial charge on any atom is -0.395 e. The van der Waals surface area contributed by atoms with Gasteiger partial charge in [-0.2, -0.15) is 0 Å². The number of aliphatic hydroxyl groups excluding tert-OH is 1. The molecule has 3 nitrogen and oxygen atoms in total.